The third kappa shape index (κ3) is 4.89. The molecular formula is C11H17ClN2O3S. The summed E-state index contributed by atoms with van der Waals surface area (Å²) in [7, 11) is -3.58. The van der Waals surface area contributed by atoms with Crippen molar-refractivity contribution in [2.24, 2.45) is 0 Å². The Kier molecular flexibility index (Phi) is 6.56. The molecule has 5 nitrogen and oxygen atoms in total. The zero-order chi connectivity index (χ0) is 13.4. The molecule has 1 rings (SSSR count). The maximum Gasteiger partial charge on any atom is 0.243 e. The van der Waals surface area contributed by atoms with Crippen LogP contribution in [0.2, 0.25) is 5.02 Å². The van der Waals surface area contributed by atoms with Gasteiger partial charge in [0.1, 0.15) is 4.90 Å². The third-order valence-corrected chi connectivity index (χ3v) is 4.33. The first-order chi connectivity index (χ1) is 8.58. The van der Waals surface area contributed by atoms with Gasteiger partial charge in [-0.3, -0.25) is 4.98 Å². The van der Waals surface area contributed by atoms with E-state index in [0.717, 1.165) is 25.7 Å². The lowest BCUT2D eigenvalue weighted by atomic mass is 10.2. The van der Waals surface area contributed by atoms with Crippen LogP contribution in [0.25, 0.3) is 0 Å². The van der Waals surface area contributed by atoms with Crippen LogP contribution in [0.5, 0.6) is 0 Å². The van der Waals surface area contributed by atoms with Crippen molar-refractivity contribution in [2.75, 3.05) is 13.2 Å². The smallest absolute Gasteiger partial charge is 0.243 e. The first-order valence-electron chi connectivity index (χ1n) is 5.78. The first-order valence-corrected chi connectivity index (χ1v) is 7.64. The number of halogens is 1. The van der Waals surface area contributed by atoms with Crippen molar-refractivity contribution in [3.63, 3.8) is 0 Å². The Bertz CT molecular complexity index is 465. The molecule has 18 heavy (non-hydrogen) atoms. The van der Waals surface area contributed by atoms with Gasteiger partial charge in [-0.1, -0.05) is 24.4 Å². The van der Waals surface area contributed by atoms with Crippen LogP contribution in [0.15, 0.2) is 23.4 Å². The highest BCUT2D eigenvalue weighted by molar-refractivity contribution is 7.89. The Labute approximate surface area is 112 Å². The predicted octanol–water partition coefficient (Wildman–Crippen LogP) is 1.57. The van der Waals surface area contributed by atoms with Crippen molar-refractivity contribution in [2.45, 2.75) is 30.6 Å². The number of pyridine rings is 1. The van der Waals surface area contributed by atoms with Gasteiger partial charge in [-0.05, 0) is 18.9 Å². The van der Waals surface area contributed by atoms with E-state index in [1.165, 1.54) is 18.5 Å². The zero-order valence-electron chi connectivity index (χ0n) is 9.97. The number of aliphatic hydroxyl groups excluding tert-OH is 1. The predicted molar refractivity (Wildman–Crippen MR) is 70.0 cm³/mol. The van der Waals surface area contributed by atoms with E-state index in [-0.39, 0.29) is 16.5 Å². The highest BCUT2D eigenvalue weighted by atomic mass is 35.5. The van der Waals surface area contributed by atoms with Gasteiger partial charge in [0.05, 0.1) is 5.02 Å². The van der Waals surface area contributed by atoms with Crippen LogP contribution in [-0.4, -0.2) is 31.7 Å². The molecule has 0 atom stereocenters. The van der Waals surface area contributed by atoms with Crippen molar-refractivity contribution in [1.82, 2.24) is 9.71 Å². The van der Waals surface area contributed by atoms with E-state index in [1.807, 2.05) is 0 Å². The topological polar surface area (TPSA) is 79.3 Å². The lowest BCUT2D eigenvalue weighted by molar-refractivity contribution is 0.282. The van der Waals surface area contributed by atoms with E-state index in [4.69, 9.17) is 16.7 Å². The number of hydrogen-bond acceptors (Lipinski definition) is 4. The Morgan fingerprint density at radius 3 is 2.67 bits per heavy atom. The van der Waals surface area contributed by atoms with Gasteiger partial charge in [-0.25, -0.2) is 13.1 Å². The number of rotatable bonds is 8. The number of nitrogens with one attached hydrogen (secondary N) is 1. The first kappa shape index (κ1) is 15.4. The number of nitrogens with zero attached hydrogens (tertiary/aromatic N) is 1. The van der Waals surface area contributed by atoms with Crippen LogP contribution in [0.3, 0.4) is 0 Å². The molecular weight excluding hydrogens is 276 g/mol. The second-order valence-corrected chi connectivity index (χ2v) is 5.98. The van der Waals surface area contributed by atoms with E-state index >= 15 is 0 Å². The molecule has 0 amide bonds. The van der Waals surface area contributed by atoms with Crippen molar-refractivity contribution < 1.29 is 13.5 Å². The van der Waals surface area contributed by atoms with Gasteiger partial charge < -0.3 is 5.11 Å². The van der Waals surface area contributed by atoms with Crippen LogP contribution in [-0.2, 0) is 10.0 Å². The minimum Gasteiger partial charge on any atom is -0.396 e. The SMILES string of the molecule is O=S(=O)(NCCCCCCO)c1cnccc1Cl. The Hall–Kier alpha value is -0.690. The standard InChI is InChI=1S/C11H17ClN2O3S/c12-10-5-7-13-9-11(10)18(16,17)14-6-3-1-2-4-8-15/h5,7,9,14-15H,1-4,6,8H2. The van der Waals surface area contributed by atoms with Crippen molar-refractivity contribution in [1.29, 1.82) is 0 Å². The van der Waals surface area contributed by atoms with E-state index in [9.17, 15) is 8.42 Å². The summed E-state index contributed by atoms with van der Waals surface area (Å²) in [4.78, 5) is 3.75. The highest BCUT2D eigenvalue weighted by Gasteiger charge is 2.16. The van der Waals surface area contributed by atoms with Crippen molar-refractivity contribution >= 4 is 21.6 Å². The zero-order valence-corrected chi connectivity index (χ0v) is 11.5. The fourth-order valence-corrected chi connectivity index (χ4v) is 2.94. The Morgan fingerprint density at radius 1 is 1.28 bits per heavy atom. The molecule has 0 aliphatic carbocycles. The molecule has 2 N–H and O–H groups in total. The van der Waals surface area contributed by atoms with Gasteiger partial charge in [0, 0.05) is 25.5 Å². The monoisotopic (exact) mass is 292 g/mol. The molecule has 1 aromatic heterocycles. The number of aliphatic hydroxyl groups is 1. The van der Waals surface area contributed by atoms with Gasteiger partial charge in [0.15, 0.2) is 0 Å². The van der Waals surface area contributed by atoms with E-state index in [0.29, 0.717) is 6.54 Å². The van der Waals surface area contributed by atoms with Crippen LogP contribution < -0.4 is 4.72 Å². The molecule has 0 radical (unpaired) electrons. The number of unbranched alkanes of at least 4 members (excludes halogenated alkanes) is 3. The minimum absolute atomic E-state index is 0.00187. The summed E-state index contributed by atoms with van der Waals surface area (Å²) in [6, 6.07) is 1.44. The van der Waals surface area contributed by atoms with Gasteiger partial charge in [0.2, 0.25) is 10.0 Å². The van der Waals surface area contributed by atoms with Crippen LogP contribution in [0, 0.1) is 0 Å². The number of hydrogen-bond donors (Lipinski definition) is 2. The van der Waals surface area contributed by atoms with Gasteiger partial charge in [-0.15, -0.1) is 0 Å². The molecule has 0 spiro atoms. The summed E-state index contributed by atoms with van der Waals surface area (Å²) in [5.74, 6) is 0. The highest BCUT2D eigenvalue weighted by Crippen LogP contribution is 2.18. The fraction of sp³-hybridized carbons (Fsp3) is 0.545. The summed E-state index contributed by atoms with van der Waals surface area (Å²) in [5, 5.41) is 8.76. The van der Waals surface area contributed by atoms with E-state index in [2.05, 4.69) is 9.71 Å². The van der Waals surface area contributed by atoms with Crippen molar-refractivity contribution in [3.05, 3.63) is 23.5 Å². The molecule has 0 aliphatic rings. The summed E-state index contributed by atoms with van der Waals surface area (Å²) in [6.45, 7) is 0.538. The number of aromatic nitrogens is 1. The molecule has 0 saturated heterocycles. The van der Waals surface area contributed by atoms with Crippen LogP contribution >= 0.6 is 11.6 Å². The lowest BCUT2D eigenvalue weighted by Crippen LogP contribution is -2.25. The normalized spacial score (nSPS) is 11.7. The second kappa shape index (κ2) is 7.68. The lowest BCUT2D eigenvalue weighted by Gasteiger charge is -2.07. The van der Waals surface area contributed by atoms with Crippen molar-refractivity contribution in [3.8, 4) is 0 Å². The van der Waals surface area contributed by atoms with E-state index in [1.54, 1.807) is 0 Å². The fourth-order valence-electron chi connectivity index (χ4n) is 1.44. The van der Waals surface area contributed by atoms with Gasteiger partial charge >= 0.3 is 0 Å². The summed E-state index contributed by atoms with van der Waals surface area (Å²) in [6.07, 6.45) is 5.93. The molecule has 0 unspecified atom stereocenters. The quantitative estimate of drug-likeness (QED) is 0.713. The summed E-state index contributed by atoms with van der Waals surface area (Å²) < 4.78 is 26.2. The average Bonchev–Trinajstić information content (AvgIpc) is 2.34. The third-order valence-electron chi connectivity index (χ3n) is 2.40. The minimum atomic E-state index is -3.58. The Morgan fingerprint density at radius 2 is 2.00 bits per heavy atom. The van der Waals surface area contributed by atoms with Gasteiger partial charge in [-0.2, -0.15) is 0 Å². The van der Waals surface area contributed by atoms with Crippen LogP contribution in [0.4, 0.5) is 0 Å². The molecule has 0 aliphatic heterocycles. The molecule has 0 aromatic carbocycles. The molecule has 0 saturated carbocycles. The molecule has 0 fully saturated rings. The molecule has 0 bridgehead atoms. The maximum absolute atomic E-state index is 11.9. The summed E-state index contributed by atoms with van der Waals surface area (Å²) >= 11 is 5.80. The molecule has 7 heteroatoms. The van der Waals surface area contributed by atoms with Gasteiger partial charge in [0.25, 0.3) is 0 Å². The average molecular weight is 293 g/mol. The molecule has 1 heterocycles. The van der Waals surface area contributed by atoms with E-state index < -0.39 is 10.0 Å². The van der Waals surface area contributed by atoms with Crippen LogP contribution in [0.1, 0.15) is 25.7 Å². The molecule has 1 aromatic rings. The number of sulfonamides is 1. The second-order valence-electron chi connectivity index (χ2n) is 3.84. The summed E-state index contributed by atoms with van der Waals surface area (Å²) in [5.41, 5.74) is 0. The molecule has 102 valence electrons. The maximum atomic E-state index is 11.9. The Balaban J connectivity index is 2.44. The largest absolute Gasteiger partial charge is 0.396 e.